The van der Waals surface area contributed by atoms with E-state index in [-0.39, 0.29) is 5.69 Å². The van der Waals surface area contributed by atoms with Gasteiger partial charge in [-0.15, -0.1) is 10.2 Å². The van der Waals surface area contributed by atoms with Crippen molar-refractivity contribution in [3.63, 3.8) is 0 Å². The van der Waals surface area contributed by atoms with Crippen LogP contribution < -0.4 is 5.73 Å². The van der Waals surface area contributed by atoms with Crippen LogP contribution in [0.1, 0.15) is 12.7 Å². The SMILES string of the molecule is CCc1nnc2sc(-c3ccc([N+](=O)[O-])cc3N)nn12. The molecule has 102 valence electrons. The third-order valence-electron chi connectivity index (χ3n) is 2.85. The van der Waals surface area contributed by atoms with E-state index in [1.165, 1.54) is 23.5 Å². The molecule has 2 N–H and O–H groups in total. The van der Waals surface area contributed by atoms with Crippen LogP contribution in [0.2, 0.25) is 0 Å². The molecule has 0 spiro atoms. The average molecular weight is 290 g/mol. The van der Waals surface area contributed by atoms with Crippen molar-refractivity contribution >= 4 is 27.7 Å². The number of non-ortho nitro benzene ring substituents is 1. The monoisotopic (exact) mass is 290 g/mol. The van der Waals surface area contributed by atoms with E-state index in [1.54, 1.807) is 10.6 Å². The Morgan fingerprint density at radius 3 is 2.90 bits per heavy atom. The lowest BCUT2D eigenvalue weighted by molar-refractivity contribution is -0.384. The molecule has 0 aliphatic rings. The fourth-order valence-corrected chi connectivity index (χ4v) is 2.75. The fraction of sp³-hybridized carbons (Fsp3) is 0.182. The first-order chi connectivity index (χ1) is 9.60. The molecule has 0 amide bonds. The Kier molecular flexibility index (Phi) is 2.83. The Labute approximate surface area is 117 Å². The molecule has 0 unspecified atom stereocenters. The summed E-state index contributed by atoms with van der Waals surface area (Å²) in [6, 6.07) is 4.35. The second kappa shape index (κ2) is 4.53. The number of anilines is 1. The van der Waals surface area contributed by atoms with E-state index < -0.39 is 4.92 Å². The predicted octanol–water partition coefficient (Wildman–Crippen LogP) is 1.91. The number of fused-ring (bicyclic) bond motifs is 1. The number of nitro groups is 1. The van der Waals surface area contributed by atoms with Gasteiger partial charge in [-0.1, -0.05) is 18.3 Å². The molecular weight excluding hydrogens is 280 g/mol. The standard InChI is InChI=1S/C11H10N6O2S/c1-2-9-13-14-11-16(9)15-10(20-11)7-4-3-6(17(18)19)5-8(7)12/h3-5H,2,12H2,1H3. The van der Waals surface area contributed by atoms with Crippen LogP contribution in [0.25, 0.3) is 15.5 Å². The first-order valence-corrected chi connectivity index (χ1v) is 6.67. The lowest BCUT2D eigenvalue weighted by Crippen LogP contribution is -1.96. The first-order valence-electron chi connectivity index (χ1n) is 5.85. The molecule has 0 atom stereocenters. The topological polar surface area (TPSA) is 112 Å². The van der Waals surface area contributed by atoms with Gasteiger partial charge in [0, 0.05) is 29.8 Å². The molecule has 0 fully saturated rings. The van der Waals surface area contributed by atoms with Crippen molar-refractivity contribution in [1.29, 1.82) is 0 Å². The summed E-state index contributed by atoms with van der Waals surface area (Å²) in [5, 5.41) is 23.8. The molecular formula is C11H10N6O2S. The maximum Gasteiger partial charge on any atom is 0.271 e. The minimum Gasteiger partial charge on any atom is -0.398 e. The van der Waals surface area contributed by atoms with E-state index in [0.29, 0.717) is 21.2 Å². The maximum atomic E-state index is 10.7. The second-order valence-corrected chi connectivity index (χ2v) is 5.06. The molecule has 0 bridgehead atoms. The number of hydrogen-bond donors (Lipinski definition) is 1. The molecule has 2 aromatic heterocycles. The number of benzene rings is 1. The van der Waals surface area contributed by atoms with Crippen LogP contribution in [0.15, 0.2) is 18.2 Å². The molecule has 9 heteroatoms. The van der Waals surface area contributed by atoms with Gasteiger partial charge >= 0.3 is 0 Å². The number of nitrogens with two attached hydrogens (primary N) is 1. The molecule has 3 aromatic rings. The van der Waals surface area contributed by atoms with Gasteiger partial charge in [-0.3, -0.25) is 10.1 Å². The van der Waals surface area contributed by atoms with Crippen LogP contribution in [0.3, 0.4) is 0 Å². The van der Waals surface area contributed by atoms with Gasteiger partial charge in [0.2, 0.25) is 4.96 Å². The van der Waals surface area contributed by atoms with Crippen molar-refractivity contribution in [2.75, 3.05) is 5.73 Å². The maximum absolute atomic E-state index is 10.7. The second-order valence-electron chi connectivity index (χ2n) is 4.10. The summed E-state index contributed by atoms with van der Waals surface area (Å²) >= 11 is 1.34. The minimum atomic E-state index is -0.478. The smallest absolute Gasteiger partial charge is 0.271 e. The lowest BCUT2D eigenvalue weighted by Gasteiger charge is -2.01. The van der Waals surface area contributed by atoms with E-state index >= 15 is 0 Å². The Balaban J connectivity index is 2.10. The summed E-state index contributed by atoms with van der Waals surface area (Å²) in [6.45, 7) is 1.97. The third-order valence-corrected chi connectivity index (χ3v) is 3.78. The number of hydrogen-bond acceptors (Lipinski definition) is 7. The number of nitrogens with zero attached hydrogens (tertiary/aromatic N) is 5. The van der Waals surface area contributed by atoms with Crippen molar-refractivity contribution < 1.29 is 4.92 Å². The van der Waals surface area contributed by atoms with E-state index in [4.69, 9.17) is 5.73 Å². The highest BCUT2D eigenvalue weighted by Gasteiger charge is 2.16. The van der Waals surface area contributed by atoms with Gasteiger partial charge in [0.15, 0.2) is 5.82 Å². The number of nitro benzene ring substituents is 1. The highest BCUT2D eigenvalue weighted by atomic mass is 32.1. The molecule has 1 aromatic carbocycles. The van der Waals surface area contributed by atoms with E-state index in [9.17, 15) is 10.1 Å². The Morgan fingerprint density at radius 1 is 1.45 bits per heavy atom. The zero-order chi connectivity index (χ0) is 14.3. The molecule has 0 aliphatic heterocycles. The van der Waals surface area contributed by atoms with Crippen LogP contribution >= 0.6 is 11.3 Å². The largest absolute Gasteiger partial charge is 0.398 e. The Bertz CT molecular complexity index is 808. The van der Waals surface area contributed by atoms with Gasteiger partial charge in [0.1, 0.15) is 5.01 Å². The quantitative estimate of drug-likeness (QED) is 0.448. The van der Waals surface area contributed by atoms with Gasteiger partial charge in [-0.05, 0) is 6.07 Å². The number of rotatable bonds is 3. The Hall–Kier alpha value is -2.55. The van der Waals surface area contributed by atoms with E-state index in [0.717, 1.165) is 12.2 Å². The molecule has 2 heterocycles. The first kappa shape index (κ1) is 12.5. The van der Waals surface area contributed by atoms with E-state index in [1.807, 2.05) is 6.92 Å². The lowest BCUT2D eigenvalue weighted by atomic mass is 10.2. The molecule has 0 saturated carbocycles. The van der Waals surface area contributed by atoms with Gasteiger partial charge in [-0.2, -0.15) is 9.61 Å². The van der Waals surface area contributed by atoms with Gasteiger partial charge in [0.25, 0.3) is 5.69 Å². The zero-order valence-corrected chi connectivity index (χ0v) is 11.3. The summed E-state index contributed by atoms with van der Waals surface area (Å²) in [6.07, 6.45) is 0.722. The highest BCUT2D eigenvalue weighted by molar-refractivity contribution is 7.19. The van der Waals surface area contributed by atoms with Crippen molar-refractivity contribution in [3.8, 4) is 10.6 Å². The predicted molar refractivity (Wildman–Crippen MR) is 74.5 cm³/mol. The molecule has 0 saturated heterocycles. The average Bonchev–Trinajstić information content (AvgIpc) is 2.97. The minimum absolute atomic E-state index is 0.0384. The summed E-state index contributed by atoms with van der Waals surface area (Å²) < 4.78 is 1.67. The van der Waals surface area contributed by atoms with E-state index in [2.05, 4.69) is 15.3 Å². The Morgan fingerprint density at radius 2 is 2.25 bits per heavy atom. The molecule has 0 aliphatic carbocycles. The summed E-state index contributed by atoms with van der Waals surface area (Å²) in [5.41, 5.74) is 6.81. The van der Waals surface area contributed by atoms with Gasteiger partial charge in [0.05, 0.1) is 4.92 Å². The third kappa shape index (κ3) is 1.88. The molecule has 8 nitrogen and oxygen atoms in total. The number of nitrogen functional groups attached to an aromatic ring is 1. The van der Waals surface area contributed by atoms with Gasteiger partial charge < -0.3 is 5.73 Å². The van der Waals surface area contributed by atoms with Crippen molar-refractivity contribution in [2.45, 2.75) is 13.3 Å². The molecule has 20 heavy (non-hydrogen) atoms. The van der Waals surface area contributed by atoms with Gasteiger partial charge in [-0.25, -0.2) is 0 Å². The number of aromatic nitrogens is 4. The van der Waals surface area contributed by atoms with Crippen molar-refractivity contribution in [3.05, 3.63) is 34.1 Å². The van der Waals surface area contributed by atoms with Crippen LogP contribution in [0.5, 0.6) is 0 Å². The van der Waals surface area contributed by atoms with Crippen LogP contribution in [0, 0.1) is 10.1 Å². The highest BCUT2D eigenvalue weighted by Crippen LogP contribution is 2.32. The number of aryl methyl sites for hydroxylation is 1. The van der Waals surface area contributed by atoms with Crippen LogP contribution in [0.4, 0.5) is 11.4 Å². The molecule has 3 rings (SSSR count). The van der Waals surface area contributed by atoms with Crippen LogP contribution in [-0.2, 0) is 6.42 Å². The summed E-state index contributed by atoms with van der Waals surface area (Å²) in [4.78, 5) is 10.9. The fourth-order valence-electron chi connectivity index (χ4n) is 1.85. The summed E-state index contributed by atoms with van der Waals surface area (Å²) in [7, 11) is 0. The van der Waals surface area contributed by atoms with Crippen LogP contribution in [-0.4, -0.2) is 24.7 Å². The van der Waals surface area contributed by atoms with Crippen molar-refractivity contribution in [2.24, 2.45) is 0 Å². The zero-order valence-electron chi connectivity index (χ0n) is 10.5. The normalized spacial score (nSPS) is 11.1. The molecule has 0 radical (unpaired) electrons. The van der Waals surface area contributed by atoms with Crippen molar-refractivity contribution in [1.82, 2.24) is 19.8 Å². The summed E-state index contributed by atoms with van der Waals surface area (Å²) in [5.74, 6) is 0.767.